The normalized spacial score (nSPS) is 15.6. The molecule has 36 heavy (non-hydrogen) atoms. The van der Waals surface area contributed by atoms with Crippen molar-refractivity contribution in [3.8, 4) is 33.5 Å². The van der Waals surface area contributed by atoms with Gasteiger partial charge in [0, 0.05) is 5.56 Å². The number of thioether (sulfide) groups is 1. The molecule has 0 radical (unpaired) electrons. The maximum Gasteiger partial charge on any atom is 0.414 e. The Bertz CT molecular complexity index is 1450. The lowest BCUT2D eigenvalue weighted by atomic mass is 10.0. The summed E-state index contributed by atoms with van der Waals surface area (Å²) in [6, 6.07) is 24.8. The van der Waals surface area contributed by atoms with Gasteiger partial charge in [-0.05, 0) is 40.8 Å². The number of nitrogens with zero attached hydrogens (tertiary/aromatic N) is 2. The number of amides is 2. The second kappa shape index (κ2) is 10.2. The Hall–Kier alpha value is -4.13. The van der Waals surface area contributed by atoms with Gasteiger partial charge in [0.05, 0.1) is 28.5 Å². The third kappa shape index (κ3) is 4.69. The van der Waals surface area contributed by atoms with E-state index < -0.39 is 23.4 Å². The van der Waals surface area contributed by atoms with Crippen molar-refractivity contribution in [1.29, 1.82) is 5.26 Å². The van der Waals surface area contributed by atoms with Crippen molar-refractivity contribution in [2.45, 2.75) is 16.4 Å². The number of benzene rings is 2. The molecule has 2 amide bonds. The molecule has 1 aliphatic rings. The van der Waals surface area contributed by atoms with Gasteiger partial charge < -0.3 is 9.47 Å². The highest BCUT2D eigenvalue weighted by atomic mass is 32.2. The summed E-state index contributed by atoms with van der Waals surface area (Å²) >= 11 is 2.77. The van der Waals surface area contributed by atoms with Crippen molar-refractivity contribution in [3.05, 3.63) is 89.3 Å². The number of carbonyl (C=O) groups is 2. The number of carbonyl (C=O) groups excluding carboxylic acids is 2. The predicted molar refractivity (Wildman–Crippen MR) is 138 cm³/mol. The first-order valence-corrected chi connectivity index (χ1v) is 12.7. The Kier molecular flexibility index (Phi) is 6.71. The summed E-state index contributed by atoms with van der Waals surface area (Å²) in [6.45, 7) is 0. The Balaban J connectivity index is 1.66. The SMILES string of the molecule is COc1ccc(-c2cc(-c3cccs3)nc(SC(c3ccccc3)C3OC(=O)NC3=O)c2C#N)cc1. The monoisotopic (exact) mass is 513 g/mol. The van der Waals surface area contributed by atoms with Crippen molar-refractivity contribution in [2.75, 3.05) is 7.11 Å². The van der Waals surface area contributed by atoms with E-state index in [0.717, 1.165) is 16.0 Å². The van der Waals surface area contributed by atoms with Crippen molar-refractivity contribution in [3.63, 3.8) is 0 Å². The standard InChI is InChI=1S/C27H19N3O4S2/c1-33-18-11-9-16(10-12-18)19-14-21(22-8-5-13-35-22)29-26(20(19)15-28)36-24(17-6-3-2-4-7-17)23-25(31)30-27(32)34-23/h2-14,23-24H,1H3,(H,30,31,32). The molecule has 1 N–H and O–H groups in total. The molecule has 0 spiro atoms. The molecule has 1 aliphatic heterocycles. The second-order valence-corrected chi connectivity index (χ2v) is 9.90. The van der Waals surface area contributed by atoms with Gasteiger partial charge in [-0.3, -0.25) is 10.1 Å². The van der Waals surface area contributed by atoms with E-state index in [1.165, 1.54) is 11.8 Å². The van der Waals surface area contributed by atoms with Gasteiger partial charge in [0.1, 0.15) is 16.8 Å². The number of hydrogen-bond acceptors (Lipinski definition) is 8. The first-order valence-electron chi connectivity index (χ1n) is 10.9. The van der Waals surface area contributed by atoms with Crippen LogP contribution in [0.3, 0.4) is 0 Å². The van der Waals surface area contributed by atoms with Crippen molar-refractivity contribution in [1.82, 2.24) is 10.3 Å². The van der Waals surface area contributed by atoms with Crippen LogP contribution >= 0.6 is 23.1 Å². The Morgan fingerprint density at radius 2 is 1.89 bits per heavy atom. The van der Waals surface area contributed by atoms with Crippen LogP contribution < -0.4 is 10.1 Å². The number of ether oxygens (including phenoxy) is 2. The lowest BCUT2D eigenvalue weighted by Gasteiger charge is -2.21. The van der Waals surface area contributed by atoms with Gasteiger partial charge in [-0.2, -0.15) is 5.26 Å². The average molecular weight is 514 g/mol. The van der Waals surface area contributed by atoms with E-state index in [1.54, 1.807) is 18.4 Å². The minimum atomic E-state index is -1.06. The molecule has 4 aromatic rings. The van der Waals surface area contributed by atoms with Gasteiger partial charge >= 0.3 is 6.09 Å². The number of nitrogens with one attached hydrogen (secondary N) is 1. The molecule has 178 valence electrons. The highest BCUT2D eigenvalue weighted by Gasteiger charge is 2.41. The largest absolute Gasteiger partial charge is 0.497 e. The molecule has 9 heteroatoms. The van der Waals surface area contributed by atoms with Gasteiger partial charge in [-0.15, -0.1) is 11.3 Å². The summed E-state index contributed by atoms with van der Waals surface area (Å²) in [6.07, 6.45) is -1.85. The van der Waals surface area contributed by atoms with Gasteiger partial charge in [-0.25, -0.2) is 9.78 Å². The summed E-state index contributed by atoms with van der Waals surface area (Å²) in [7, 11) is 1.60. The van der Waals surface area contributed by atoms with Gasteiger partial charge in [-0.1, -0.05) is 60.3 Å². The number of alkyl carbamates (subject to hydrolysis) is 1. The molecule has 1 saturated heterocycles. The number of pyridine rings is 1. The molecule has 0 saturated carbocycles. The van der Waals surface area contributed by atoms with Gasteiger partial charge in [0.2, 0.25) is 0 Å². The minimum absolute atomic E-state index is 0.371. The van der Waals surface area contributed by atoms with E-state index >= 15 is 0 Å². The van der Waals surface area contributed by atoms with Gasteiger partial charge in [0.15, 0.2) is 6.10 Å². The van der Waals surface area contributed by atoms with E-state index in [0.29, 0.717) is 27.6 Å². The van der Waals surface area contributed by atoms with Crippen LogP contribution in [-0.4, -0.2) is 30.2 Å². The zero-order valence-corrected chi connectivity index (χ0v) is 20.6. The summed E-state index contributed by atoms with van der Waals surface area (Å²) in [5.74, 6) is 0.183. The van der Waals surface area contributed by atoms with Crippen LogP contribution in [-0.2, 0) is 9.53 Å². The number of methoxy groups -OCH3 is 1. The quantitative estimate of drug-likeness (QED) is 0.311. The number of nitriles is 1. The summed E-state index contributed by atoms with van der Waals surface area (Å²) < 4.78 is 10.6. The fourth-order valence-corrected chi connectivity index (χ4v) is 5.85. The number of cyclic esters (lactones) is 1. The Morgan fingerprint density at radius 1 is 1.11 bits per heavy atom. The third-order valence-corrected chi connectivity index (χ3v) is 7.82. The molecule has 2 aromatic heterocycles. The number of hydrogen-bond donors (Lipinski definition) is 1. The number of imide groups is 1. The molecule has 0 bridgehead atoms. The second-order valence-electron chi connectivity index (χ2n) is 7.82. The van der Waals surface area contributed by atoms with Crippen molar-refractivity contribution < 1.29 is 19.1 Å². The summed E-state index contributed by atoms with van der Waals surface area (Å²) in [5.41, 5.74) is 3.39. The minimum Gasteiger partial charge on any atom is -0.497 e. The highest BCUT2D eigenvalue weighted by molar-refractivity contribution is 7.99. The van der Waals surface area contributed by atoms with Crippen LogP contribution in [0, 0.1) is 11.3 Å². The van der Waals surface area contributed by atoms with E-state index in [4.69, 9.17) is 14.5 Å². The molecule has 0 aliphatic carbocycles. The first kappa shape index (κ1) is 23.6. The Morgan fingerprint density at radius 3 is 2.50 bits per heavy atom. The molecule has 2 atom stereocenters. The van der Waals surface area contributed by atoms with Crippen LogP contribution in [0.1, 0.15) is 16.4 Å². The first-order chi connectivity index (χ1) is 17.6. The number of thiophene rings is 1. The van der Waals surface area contributed by atoms with E-state index in [-0.39, 0.29) is 0 Å². The molecule has 2 aromatic carbocycles. The van der Waals surface area contributed by atoms with Crippen LogP contribution in [0.2, 0.25) is 0 Å². The van der Waals surface area contributed by atoms with Gasteiger partial charge in [0.25, 0.3) is 5.91 Å². The summed E-state index contributed by atoms with van der Waals surface area (Å²) in [5, 5.41) is 14.2. The highest BCUT2D eigenvalue weighted by Crippen LogP contribution is 2.44. The molecular weight excluding hydrogens is 494 g/mol. The Labute approximate surface area is 215 Å². The van der Waals surface area contributed by atoms with Crippen LogP contribution in [0.5, 0.6) is 5.75 Å². The zero-order chi connectivity index (χ0) is 25.1. The van der Waals surface area contributed by atoms with Crippen LogP contribution in [0.15, 0.2) is 83.2 Å². The molecule has 1 fully saturated rings. The topological polar surface area (TPSA) is 101 Å². The van der Waals surface area contributed by atoms with Crippen LogP contribution in [0.4, 0.5) is 4.79 Å². The molecule has 3 heterocycles. The molecular formula is C27H19N3O4S2. The lowest BCUT2D eigenvalue weighted by Crippen LogP contribution is -2.28. The van der Waals surface area contributed by atoms with Crippen molar-refractivity contribution in [2.24, 2.45) is 0 Å². The lowest BCUT2D eigenvalue weighted by molar-refractivity contribution is -0.123. The fraction of sp³-hybridized carbons (Fsp3) is 0.111. The fourth-order valence-electron chi connectivity index (χ4n) is 3.90. The molecule has 7 nitrogen and oxygen atoms in total. The number of rotatable bonds is 7. The molecule has 5 rings (SSSR count). The van der Waals surface area contributed by atoms with E-state index in [9.17, 15) is 14.9 Å². The van der Waals surface area contributed by atoms with E-state index in [1.807, 2.05) is 78.2 Å². The number of aromatic nitrogens is 1. The third-order valence-electron chi connectivity index (χ3n) is 5.63. The van der Waals surface area contributed by atoms with E-state index in [2.05, 4.69) is 11.4 Å². The zero-order valence-electron chi connectivity index (χ0n) is 19.0. The molecule has 2 unspecified atom stereocenters. The van der Waals surface area contributed by atoms with Crippen molar-refractivity contribution >= 4 is 35.1 Å². The average Bonchev–Trinajstić information content (AvgIpc) is 3.57. The smallest absolute Gasteiger partial charge is 0.414 e. The van der Waals surface area contributed by atoms with Crippen LogP contribution in [0.25, 0.3) is 21.7 Å². The maximum atomic E-state index is 12.6. The predicted octanol–water partition coefficient (Wildman–Crippen LogP) is 5.83. The maximum absolute atomic E-state index is 12.6. The summed E-state index contributed by atoms with van der Waals surface area (Å²) in [4.78, 5) is 30.2.